The maximum atomic E-state index is 12.9. The highest BCUT2D eigenvalue weighted by Crippen LogP contribution is 2.54. The fourth-order valence-electron chi connectivity index (χ4n) is 6.20. The van der Waals surface area contributed by atoms with E-state index in [1.54, 1.807) is 6.07 Å². The molecule has 0 radical (unpaired) electrons. The summed E-state index contributed by atoms with van der Waals surface area (Å²) in [6.07, 6.45) is 6.27. The topological polar surface area (TPSA) is 61.8 Å². The molecule has 0 aromatic heterocycles. The molecule has 5 nitrogen and oxygen atoms in total. The zero-order chi connectivity index (χ0) is 22.2. The number of likely N-dealkylation sites (tertiary alicyclic amines) is 1. The fourth-order valence-corrected chi connectivity index (χ4v) is 6.20. The number of phenolic OH excluding ortho intramolecular Hbond substituents is 1. The van der Waals surface area contributed by atoms with Crippen molar-refractivity contribution in [2.24, 2.45) is 5.92 Å². The highest BCUT2D eigenvalue weighted by molar-refractivity contribution is 5.94. The number of benzene rings is 2. The number of methoxy groups -OCH3 is 1. The van der Waals surface area contributed by atoms with Crippen molar-refractivity contribution < 1.29 is 14.6 Å². The lowest BCUT2D eigenvalue weighted by atomic mass is 9.55. The monoisotopic (exact) mass is 434 g/mol. The van der Waals surface area contributed by atoms with Crippen molar-refractivity contribution in [3.05, 3.63) is 65.7 Å². The van der Waals surface area contributed by atoms with Gasteiger partial charge in [0.2, 0.25) is 0 Å². The number of phenols is 1. The van der Waals surface area contributed by atoms with Gasteiger partial charge in [0.25, 0.3) is 5.91 Å². The third-order valence-corrected chi connectivity index (χ3v) is 8.07. The smallest absolute Gasteiger partial charge is 0.251 e. The minimum atomic E-state index is -0.318. The van der Waals surface area contributed by atoms with E-state index in [2.05, 4.69) is 16.3 Å². The first kappa shape index (κ1) is 21.5. The van der Waals surface area contributed by atoms with Crippen LogP contribution in [0, 0.1) is 5.92 Å². The van der Waals surface area contributed by atoms with Gasteiger partial charge in [0.15, 0.2) is 0 Å². The second-order valence-electron chi connectivity index (χ2n) is 10.0. The maximum Gasteiger partial charge on any atom is 0.251 e. The number of nitrogens with zero attached hydrogens (tertiary/aromatic N) is 1. The lowest BCUT2D eigenvalue weighted by Gasteiger charge is -2.60. The van der Waals surface area contributed by atoms with Crippen LogP contribution >= 0.6 is 0 Å². The molecule has 5 rings (SSSR count). The van der Waals surface area contributed by atoms with Crippen molar-refractivity contribution in [3.8, 4) is 5.75 Å². The van der Waals surface area contributed by atoms with Gasteiger partial charge in [0.05, 0.1) is 5.60 Å². The molecule has 2 aromatic rings. The van der Waals surface area contributed by atoms with Gasteiger partial charge in [0, 0.05) is 37.2 Å². The predicted molar refractivity (Wildman–Crippen MR) is 125 cm³/mol. The van der Waals surface area contributed by atoms with Crippen LogP contribution in [-0.2, 0) is 10.2 Å². The van der Waals surface area contributed by atoms with Crippen molar-refractivity contribution in [1.82, 2.24) is 10.2 Å². The molecule has 2 aromatic carbocycles. The second kappa shape index (κ2) is 8.53. The molecule has 0 spiro atoms. The first-order chi connectivity index (χ1) is 15.5. The van der Waals surface area contributed by atoms with Crippen LogP contribution < -0.4 is 5.32 Å². The van der Waals surface area contributed by atoms with E-state index in [1.807, 2.05) is 49.6 Å². The van der Waals surface area contributed by atoms with Gasteiger partial charge in [-0.1, -0.05) is 30.3 Å². The van der Waals surface area contributed by atoms with E-state index >= 15 is 0 Å². The molecule has 3 aliphatic rings. The lowest BCUT2D eigenvalue weighted by molar-refractivity contribution is -0.148. The van der Waals surface area contributed by atoms with E-state index in [4.69, 9.17) is 4.74 Å². The van der Waals surface area contributed by atoms with Crippen LogP contribution in [0.3, 0.4) is 0 Å². The Labute approximate surface area is 190 Å². The summed E-state index contributed by atoms with van der Waals surface area (Å²) in [5, 5.41) is 13.6. The number of carbonyl (C=O) groups excluding carboxylic acids is 1. The molecule has 0 bridgehead atoms. The molecule has 1 aliphatic heterocycles. The first-order valence-corrected chi connectivity index (χ1v) is 12.0. The Kier molecular flexibility index (Phi) is 5.72. The molecular formula is C27H34N2O3. The Morgan fingerprint density at radius 3 is 2.66 bits per heavy atom. The van der Waals surface area contributed by atoms with Crippen LogP contribution in [-0.4, -0.2) is 54.3 Å². The van der Waals surface area contributed by atoms with E-state index in [0.29, 0.717) is 5.56 Å². The summed E-state index contributed by atoms with van der Waals surface area (Å²) in [7, 11) is 1.85. The summed E-state index contributed by atoms with van der Waals surface area (Å²) >= 11 is 0. The van der Waals surface area contributed by atoms with Crippen molar-refractivity contribution in [2.45, 2.75) is 55.6 Å². The average Bonchev–Trinajstić information content (AvgIpc) is 3.63. The fraction of sp³-hybridized carbons (Fsp3) is 0.519. The molecule has 32 heavy (non-hydrogen) atoms. The summed E-state index contributed by atoms with van der Waals surface area (Å²) in [6, 6.07) is 17.2. The van der Waals surface area contributed by atoms with Crippen molar-refractivity contribution >= 4 is 5.91 Å². The number of amides is 1. The van der Waals surface area contributed by atoms with E-state index in [-0.39, 0.29) is 28.7 Å². The molecule has 170 valence electrons. The summed E-state index contributed by atoms with van der Waals surface area (Å²) in [5.41, 5.74) is 1.26. The second-order valence-corrected chi connectivity index (χ2v) is 10.0. The van der Waals surface area contributed by atoms with Gasteiger partial charge >= 0.3 is 0 Å². The summed E-state index contributed by atoms with van der Waals surface area (Å²) in [4.78, 5) is 15.5. The van der Waals surface area contributed by atoms with E-state index in [0.717, 1.165) is 56.8 Å². The number of nitrogens with one attached hydrogen (secondary N) is 1. The number of ether oxygens (including phenoxy) is 1. The summed E-state index contributed by atoms with van der Waals surface area (Å²) in [6.45, 7) is 3.10. The number of hydrogen-bond acceptors (Lipinski definition) is 4. The van der Waals surface area contributed by atoms with Gasteiger partial charge in [-0.25, -0.2) is 0 Å². The number of carbonyl (C=O) groups is 1. The normalized spacial score (nSPS) is 30.5. The van der Waals surface area contributed by atoms with Crippen molar-refractivity contribution in [3.63, 3.8) is 0 Å². The Balaban J connectivity index is 1.45. The van der Waals surface area contributed by atoms with Crippen LogP contribution in [0.5, 0.6) is 5.75 Å². The van der Waals surface area contributed by atoms with Gasteiger partial charge < -0.3 is 20.1 Å². The van der Waals surface area contributed by atoms with Crippen LogP contribution in [0.1, 0.15) is 54.4 Å². The molecule has 5 heteroatoms. The van der Waals surface area contributed by atoms with Gasteiger partial charge in [-0.3, -0.25) is 4.79 Å². The Bertz CT molecular complexity index is 960. The standard InChI is InChI=1S/C27H34N2O3/c1-32-27-13-12-23(28-25(31)21-6-3-2-4-7-21)17-26(27,22-8-5-9-24(30)16-22)14-15-29(19-27)18-20-10-11-20/h2-9,16,20,23,30H,10-15,17-19H2,1H3,(H,28,31)/t23-,26+,27+/m1/s1. The minimum Gasteiger partial charge on any atom is -0.508 e. The van der Waals surface area contributed by atoms with E-state index in [1.165, 1.54) is 12.8 Å². The predicted octanol–water partition coefficient (Wildman–Crippen LogP) is 4.11. The Morgan fingerprint density at radius 1 is 1.12 bits per heavy atom. The molecule has 2 saturated carbocycles. The summed E-state index contributed by atoms with van der Waals surface area (Å²) < 4.78 is 6.41. The van der Waals surface area contributed by atoms with Gasteiger partial charge in [-0.15, -0.1) is 0 Å². The quantitative estimate of drug-likeness (QED) is 0.718. The molecule has 2 N–H and O–H groups in total. The number of fused-ring (bicyclic) bond motifs is 1. The van der Waals surface area contributed by atoms with Crippen LogP contribution in [0.25, 0.3) is 0 Å². The molecule has 3 atom stereocenters. The highest BCUT2D eigenvalue weighted by atomic mass is 16.5. The molecule has 2 aliphatic carbocycles. The number of rotatable bonds is 6. The third-order valence-electron chi connectivity index (χ3n) is 8.07. The average molecular weight is 435 g/mol. The first-order valence-electron chi connectivity index (χ1n) is 12.0. The maximum absolute atomic E-state index is 12.9. The number of aromatic hydroxyl groups is 1. The molecule has 1 amide bonds. The van der Waals surface area contributed by atoms with Crippen LogP contribution in [0.4, 0.5) is 0 Å². The van der Waals surface area contributed by atoms with Crippen LogP contribution in [0.2, 0.25) is 0 Å². The largest absolute Gasteiger partial charge is 0.508 e. The van der Waals surface area contributed by atoms with Crippen molar-refractivity contribution in [2.75, 3.05) is 26.7 Å². The molecule has 0 unspecified atom stereocenters. The van der Waals surface area contributed by atoms with Crippen molar-refractivity contribution in [1.29, 1.82) is 0 Å². The van der Waals surface area contributed by atoms with Gasteiger partial charge in [0.1, 0.15) is 5.75 Å². The zero-order valence-corrected chi connectivity index (χ0v) is 18.9. The summed E-state index contributed by atoms with van der Waals surface area (Å²) in [5.74, 6) is 1.12. The lowest BCUT2D eigenvalue weighted by Crippen LogP contribution is -2.68. The third kappa shape index (κ3) is 3.93. The molecular weight excluding hydrogens is 400 g/mol. The van der Waals surface area contributed by atoms with E-state index < -0.39 is 0 Å². The zero-order valence-electron chi connectivity index (χ0n) is 18.9. The Morgan fingerprint density at radius 2 is 1.94 bits per heavy atom. The molecule has 3 fully saturated rings. The van der Waals surface area contributed by atoms with Gasteiger partial charge in [-0.05, 0) is 80.8 Å². The van der Waals surface area contributed by atoms with E-state index in [9.17, 15) is 9.90 Å². The molecule has 1 saturated heterocycles. The Hall–Kier alpha value is -2.37. The van der Waals surface area contributed by atoms with Crippen LogP contribution in [0.15, 0.2) is 54.6 Å². The number of hydrogen-bond donors (Lipinski definition) is 2. The molecule has 1 heterocycles. The SMILES string of the molecule is CO[C@]12CC[C@@H](NC(=O)c3ccccc3)C[C@]1(c1cccc(O)c1)CCN(CC1CC1)C2. The minimum absolute atomic E-state index is 0.0160. The van der Waals surface area contributed by atoms with Gasteiger partial charge in [-0.2, -0.15) is 0 Å². The number of piperidine rings is 1. The highest BCUT2D eigenvalue weighted by Gasteiger charge is 2.59.